The van der Waals surface area contributed by atoms with Gasteiger partial charge in [-0.2, -0.15) is 0 Å². The van der Waals surface area contributed by atoms with Crippen LogP contribution in [0, 0.1) is 5.41 Å². The van der Waals surface area contributed by atoms with Crippen LogP contribution in [0.25, 0.3) is 0 Å². The predicted octanol–water partition coefficient (Wildman–Crippen LogP) is 2.60. The number of primary sulfonamides is 1. The van der Waals surface area contributed by atoms with E-state index < -0.39 is 10.0 Å². The van der Waals surface area contributed by atoms with Crippen LogP contribution in [0.2, 0.25) is 0 Å². The van der Waals surface area contributed by atoms with Crippen molar-refractivity contribution in [2.45, 2.75) is 50.5 Å². The van der Waals surface area contributed by atoms with E-state index in [0.29, 0.717) is 6.54 Å². The molecule has 1 saturated carbocycles. The number of rotatable bonds is 9. The first-order valence-corrected chi connectivity index (χ1v) is 11.1. The largest absolute Gasteiger partial charge is 0.385 e. The van der Waals surface area contributed by atoms with Crippen LogP contribution in [0.1, 0.15) is 44.6 Å². The molecule has 0 atom stereocenters. The summed E-state index contributed by atoms with van der Waals surface area (Å²) in [6, 6.07) is 6.59. The van der Waals surface area contributed by atoms with E-state index in [1.165, 1.54) is 31.7 Å². The normalized spacial score (nSPS) is 16.5. The number of nitrogens with zero attached hydrogens (tertiary/aromatic N) is 1. The zero-order chi connectivity index (χ0) is 19.8. The molecule has 0 bridgehead atoms. The van der Waals surface area contributed by atoms with E-state index in [4.69, 9.17) is 9.88 Å². The average Bonchev–Trinajstić information content (AvgIpc) is 3.11. The second-order valence-electron chi connectivity index (χ2n) is 7.19. The summed E-state index contributed by atoms with van der Waals surface area (Å²) in [6.07, 6.45) is 5.99. The maximum absolute atomic E-state index is 11.5. The van der Waals surface area contributed by atoms with E-state index in [0.717, 1.165) is 37.6 Å². The highest BCUT2D eigenvalue weighted by Gasteiger charge is 2.33. The molecule has 0 unspecified atom stereocenters. The number of hydrogen-bond acceptors (Lipinski definition) is 4. The van der Waals surface area contributed by atoms with E-state index in [1.807, 2.05) is 13.0 Å². The Morgan fingerprint density at radius 1 is 1.29 bits per heavy atom. The Balaban J connectivity index is 0.00000392. The summed E-state index contributed by atoms with van der Waals surface area (Å²) in [5.74, 6) is 0.738. The first-order chi connectivity index (χ1) is 12.9. The van der Waals surface area contributed by atoms with E-state index in [9.17, 15) is 8.42 Å². The molecule has 1 aromatic rings. The molecule has 0 spiro atoms. The quantitative estimate of drug-likeness (QED) is 0.262. The Bertz CT molecular complexity index is 734. The van der Waals surface area contributed by atoms with Crippen molar-refractivity contribution in [2.24, 2.45) is 15.5 Å². The molecular formula is C19H33IN4O3S. The maximum atomic E-state index is 11.5. The molecule has 0 aromatic heterocycles. The van der Waals surface area contributed by atoms with Crippen LogP contribution in [0.4, 0.5) is 0 Å². The van der Waals surface area contributed by atoms with Crippen molar-refractivity contribution in [2.75, 3.05) is 26.8 Å². The minimum atomic E-state index is -3.70. The second kappa shape index (κ2) is 11.9. The van der Waals surface area contributed by atoms with Gasteiger partial charge in [0.2, 0.25) is 10.0 Å². The van der Waals surface area contributed by atoms with Crippen molar-refractivity contribution in [3.63, 3.8) is 0 Å². The number of hydrogen-bond donors (Lipinski definition) is 3. The standard InChI is InChI=1S/C19H32N4O3S.HI/c1-3-21-18(23-15-19(11-12-26-2)9-4-5-10-19)22-14-16-7-6-8-17(13-16)27(20,24)25;/h6-8,13H,3-5,9-12,14-15H2,1-2H3,(H2,20,24,25)(H2,21,22,23);1H. The summed E-state index contributed by atoms with van der Waals surface area (Å²) in [7, 11) is -1.96. The van der Waals surface area contributed by atoms with Gasteiger partial charge in [-0.05, 0) is 49.3 Å². The number of ether oxygens (including phenoxy) is 1. The van der Waals surface area contributed by atoms with Gasteiger partial charge in [-0.15, -0.1) is 24.0 Å². The highest BCUT2D eigenvalue weighted by atomic mass is 127. The molecule has 1 aliphatic carbocycles. The lowest BCUT2D eigenvalue weighted by molar-refractivity contribution is 0.138. The van der Waals surface area contributed by atoms with Crippen LogP contribution in [0.3, 0.4) is 0 Å². The summed E-state index contributed by atoms with van der Waals surface area (Å²) in [5.41, 5.74) is 1.06. The van der Waals surface area contributed by atoms with Crippen LogP contribution in [0.15, 0.2) is 34.2 Å². The fourth-order valence-corrected chi connectivity index (χ4v) is 4.15. The molecule has 160 valence electrons. The third kappa shape index (κ3) is 7.84. The van der Waals surface area contributed by atoms with Gasteiger partial charge in [0.1, 0.15) is 0 Å². The van der Waals surface area contributed by atoms with Gasteiger partial charge >= 0.3 is 0 Å². The van der Waals surface area contributed by atoms with E-state index >= 15 is 0 Å². The van der Waals surface area contributed by atoms with Crippen LogP contribution in [-0.2, 0) is 21.3 Å². The topological polar surface area (TPSA) is 106 Å². The lowest BCUT2D eigenvalue weighted by Crippen LogP contribution is -2.43. The fraction of sp³-hybridized carbons (Fsp3) is 0.632. The number of benzene rings is 1. The second-order valence-corrected chi connectivity index (χ2v) is 8.75. The molecule has 2 rings (SSSR count). The Morgan fingerprint density at radius 3 is 2.61 bits per heavy atom. The molecule has 28 heavy (non-hydrogen) atoms. The summed E-state index contributed by atoms with van der Waals surface area (Å²) in [6.45, 7) is 4.79. The van der Waals surface area contributed by atoms with Gasteiger partial charge in [0.05, 0.1) is 11.4 Å². The van der Waals surface area contributed by atoms with Crippen molar-refractivity contribution >= 4 is 40.0 Å². The van der Waals surface area contributed by atoms with Gasteiger partial charge < -0.3 is 15.4 Å². The summed E-state index contributed by atoms with van der Waals surface area (Å²) < 4.78 is 28.3. The number of nitrogens with one attached hydrogen (secondary N) is 2. The molecular weight excluding hydrogens is 491 g/mol. The fourth-order valence-electron chi connectivity index (χ4n) is 3.56. The Hall–Kier alpha value is -0.910. The van der Waals surface area contributed by atoms with Crippen LogP contribution >= 0.6 is 24.0 Å². The Morgan fingerprint density at radius 2 is 2.00 bits per heavy atom. The van der Waals surface area contributed by atoms with Gasteiger partial charge in [-0.3, -0.25) is 0 Å². The van der Waals surface area contributed by atoms with Gasteiger partial charge in [-0.1, -0.05) is 25.0 Å². The molecule has 0 aliphatic heterocycles. The number of guanidine groups is 1. The number of nitrogens with two attached hydrogens (primary N) is 1. The van der Waals surface area contributed by atoms with Crippen molar-refractivity contribution in [1.29, 1.82) is 0 Å². The maximum Gasteiger partial charge on any atom is 0.238 e. The zero-order valence-electron chi connectivity index (χ0n) is 16.7. The molecule has 1 fully saturated rings. The number of sulfonamides is 1. The van der Waals surface area contributed by atoms with Gasteiger partial charge in [0.15, 0.2) is 5.96 Å². The van der Waals surface area contributed by atoms with Gasteiger partial charge in [0.25, 0.3) is 0 Å². The average molecular weight is 524 g/mol. The molecule has 0 radical (unpaired) electrons. The van der Waals surface area contributed by atoms with E-state index in [1.54, 1.807) is 19.2 Å². The highest BCUT2D eigenvalue weighted by molar-refractivity contribution is 14.0. The zero-order valence-corrected chi connectivity index (χ0v) is 19.9. The lowest BCUT2D eigenvalue weighted by atomic mass is 9.83. The molecule has 9 heteroatoms. The summed E-state index contributed by atoms with van der Waals surface area (Å²) in [5, 5.41) is 11.9. The number of aliphatic imine (C=N–C) groups is 1. The first kappa shape index (κ1) is 25.1. The molecule has 1 aromatic carbocycles. The van der Waals surface area contributed by atoms with Gasteiger partial charge in [-0.25, -0.2) is 18.5 Å². The molecule has 1 aliphatic rings. The third-order valence-electron chi connectivity index (χ3n) is 5.12. The summed E-state index contributed by atoms with van der Waals surface area (Å²) in [4.78, 5) is 4.72. The predicted molar refractivity (Wildman–Crippen MR) is 123 cm³/mol. The van der Waals surface area contributed by atoms with E-state index in [-0.39, 0.29) is 34.3 Å². The van der Waals surface area contributed by atoms with Crippen molar-refractivity contribution in [3.8, 4) is 0 Å². The van der Waals surface area contributed by atoms with Crippen LogP contribution < -0.4 is 15.8 Å². The molecule has 0 saturated heterocycles. The minimum Gasteiger partial charge on any atom is -0.385 e. The molecule has 0 amide bonds. The molecule has 4 N–H and O–H groups in total. The van der Waals surface area contributed by atoms with Crippen LogP contribution in [0.5, 0.6) is 0 Å². The Labute approximate surface area is 186 Å². The van der Waals surface area contributed by atoms with Crippen LogP contribution in [-0.4, -0.2) is 41.2 Å². The Kier molecular flexibility index (Phi) is 10.7. The minimum absolute atomic E-state index is 0. The van der Waals surface area contributed by atoms with Crippen molar-refractivity contribution < 1.29 is 13.2 Å². The van der Waals surface area contributed by atoms with Crippen molar-refractivity contribution in [1.82, 2.24) is 10.6 Å². The van der Waals surface area contributed by atoms with Gasteiger partial charge in [0, 0.05) is 26.8 Å². The molecule has 7 nitrogen and oxygen atoms in total. The summed E-state index contributed by atoms with van der Waals surface area (Å²) >= 11 is 0. The monoisotopic (exact) mass is 524 g/mol. The smallest absolute Gasteiger partial charge is 0.238 e. The number of methoxy groups -OCH3 is 1. The first-order valence-electron chi connectivity index (χ1n) is 9.51. The number of halogens is 1. The van der Waals surface area contributed by atoms with Crippen molar-refractivity contribution in [3.05, 3.63) is 29.8 Å². The SMILES string of the molecule is CCNC(=NCc1cccc(S(N)(=O)=O)c1)NCC1(CCOC)CCCC1.I. The molecule has 0 heterocycles. The van der Waals surface area contributed by atoms with E-state index in [2.05, 4.69) is 15.6 Å². The highest BCUT2D eigenvalue weighted by Crippen LogP contribution is 2.40. The third-order valence-corrected chi connectivity index (χ3v) is 6.03. The lowest BCUT2D eigenvalue weighted by Gasteiger charge is -2.30.